The maximum absolute atomic E-state index is 14.1. The zero-order valence-corrected chi connectivity index (χ0v) is 18.9. The van der Waals surface area contributed by atoms with Crippen molar-refractivity contribution >= 4 is 29.2 Å². The summed E-state index contributed by atoms with van der Waals surface area (Å²) in [6, 6.07) is 4.07. The van der Waals surface area contributed by atoms with Crippen molar-refractivity contribution in [3.8, 4) is 0 Å². The number of aromatic nitrogens is 1. The Balaban J connectivity index is 1.94. The molecule has 1 aliphatic rings. The van der Waals surface area contributed by atoms with Gasteiger partial charge in [-0.2, -0.15) is 0 Å². The Morgan fingerprint density at radius 1 is 1.09 bits per heavy atom. The molecule has 3 rings (SSSR count). The molecule has 176 valence electrons. The Morgan fingerprint density at radius 2 is 1.76 bits per heavy atom. The summed E-state index contributed by atoms with van der Waals surface area (Å²) in [5.74, 6) is -3.55. The Kier molecular flexibility index (Phi) is 7.37. The largest absolute Gasteiger partial charge is 0.343 e. The minimum Gasteiger partial charge on any atom is -0.343 e. The average Bonchev–Trinajstić information content (AvgIpc) is 3.18. The van der Waals surface area contributed by atoms with Gasteiger partial charge in [-0.1, -0.05) is 26.0 Å². The molecule has 3 amide bonds. The lowest BCUT2D eigenvalue weighted by Crippen LogP contribution is -2.57. The Hall–Kier alpha value is -3.40. The van der Waals surface area contributed by atoms with Gasteiger partial charge >= 0.3 is 0 Å². The van der Waals surface area contributed by atoms with Crippen molar-refractivity contribution in [3.05, 3.63) is 53.7 Å². The Bertz CT molecular complexity index is 1040. The summed E-state index contributed by atoms with van der Waals surface area (Å²) in [5, 5.41) is 7.81. The summed E-state index contributed by atoms with van der Waals surface area (Å²) in [4.78, 5) is 44.7. The first-order valence-corrected chi connectivity index (χ1v) is 10.6. The predicted octanol–water partition coefficient (Wildman–Crippen LogP) is 2.00. The van der Waals surface area contributed by atoms with Crippen LogP contribution in [0.5, 0.6) is 0 Å². The number of likely N-dealkylation sites (N-methyl/N-ethyl adjacent to an activating group) is 1. The van der Waals surface area contributed by atoms with Crippen LogP contribution in [-0.4, -0.2) is 47.9 Å². The van der Waals surface area contributed by atoms with Crippen molar-refractivity contribution < 1.29 is 23.2 Å². The maximum Gasteiger partial charge on any atom is 0.251 e. The summed E-state index contributed by atoms with van der Waals surface area (Å²) in [6.45, 7) is 5.20. The number of halogens is 2. The first-order valence-electron chi connectivity index (χ1n) is 10.6. The molecule has 2 heterocycles. The second-order valence-electron chi connectivity index (χ2n) is 8.24. The first kappa shape index (κ1) is 24.2. The summed E-state index contributed by atoms with van der Waals surface area (Å²) < 4.78 is 28.2. The lowest BCUT2D eigenvalue weighted by Gasteiger charge is -2.31. The number of nitrogens with one attached hydrogen (secondary N) is 3. The second kappa shape index (κ2) is 10.0. The highest BCUT2D eigenvalue weighted by Gasteiger charge is 2.43. The number of hydrogen-bond donors (Lipinski definition) is 3. The summed E-state index contributed by atoms with van der Waals surface area (Å²) >= 11 is 0. The number of anilines is 2. The van der Waals surface area contributed by atoms with Gasteiger partial charge in [-0.05, 0) is 43.7 Å². The molecule has 0 unspecified atom stereocenters. The van der Waals surface area contributed by atoms with Gasteiger partial charge in [-0.15, -0.1) is 0 Å². The quantitative estimate of drug-likeness (QED) is 0.588. The number of nitrogens with zero attached hydrogens (tertiary/aromatic N) is 2. The SMILES string of the molecule is CN[C@@H](C)C(=O)N[C@H](C(=O)N1c2ncccc2C[C@@H]1C(=O)Nc1c(F)cccc1F)C(C)C. The van der Waals surface area contributed by atoms with E-state index in [1.807, 2.05) is 0 Å². The fourth-order valence-corrected chi connectivity index (χ4v) is 3.62. The molecule has 3 N–H and O–H groups in total. The van der Waals surface area contributed by atoms with E-state index in [1.165, 1.54) is 17.2 Å². The zero-order valence-electron chi connectivity index (χ0n) is 18.9. The van der Waals surface area contributed by atoms with Crippen molar-refractivity contribution in [1.29, 1.82) is 0 Å². The number of carbonyl (C=O) groups is 3. The molecule has 8 nitrogen and oxygen atoms in total. The van der Waals surface area contributed by atoms with Crippen molar-refractivity contribution in [2.75, 3.05) is 17.3 Å². The highest BCUT2D eigenvalue weighted by atomic mass is 19.1. The summed E-state index contributed by atoms with van der Waals surface area (Å²) in [6.07, 6.45) is 1.60. The highest BCUT2D eigenvalue weighted by Crippen LogP contribution is 2.32. The Labute approximate surface area is 190 Å². The van der Waals surface area contributed by atoms with E-state index in [1.54, 1.807) is 40.0 Å². The molecule has 2 aromatic rings. The van der Waals surface area contributed by atoms with Gasteiger partial charge in [0.1, 0.15) is 35.2 Å². The van der Waals surface area contributed by atoms with Crippen LogP contribution < -0.4 is 20.9 Å². The number of pyridine rings is 1. The van der Waals surface area contributed by atoms with Crippen LogP contribution in [0.25, 0.3) is 0 Å². The molecule has 0 aliphatic carbocycles. The lowest BCUT2D eigenvalue weighted by atomic mass is 10.0. The number of rotatable bonds is 7. The van der Waals surface area contributed by atoms with Gasteiger partial charge in [0.2, 0.25) is 11.8 Å². The molecule has 33 heavy (non-hydrogen) atoms. The molecule has 3 atom stereocenters. The molecule has 0 saturated carbocycles. The van der Waals surface area contributed by atoms with Crippen molar-refractivity contribution in [2.24, 2.45) is 5.92 Å². The zero-order chi connectivity index (χ0) is 24.3. The number of para-hydroxylation sites is 1. The van der Waals surface area contributed by atoms with Gasteiger partial charge in [0.15, 0.2) is 0 Å². The molecule has 1 aromatic carbocycles. The minimum atomic E-state index is -1.10. The molecule has 0 radical (unpaired) electrons. The normalized spacial score (nSPS) is 16.8. The summed E-state index contributed by atoms with van der Waals surface area (Å²) in [7, 11) is 1.62. The second-order valence-corrected chi connectivity index (χ2v) is 8.24. The van der Waals surface area contributed by atoms with E-state index in [2.05, 4.69) is 20.9 Å². The van der Waals surface area contributed by atoms with Gasteiger partial charge < -0.3 is 16.0 Å². The first-order chi connectivity index (χ1) is 15.6. The van der Waals surface area contributed by atoms with E-state index in [9.17, 15) is 23.2 Å². The minimum absolute atomic E-state index is 0.114. The van der Waals surface area contributed by atoms with Crippen LogP contribution in [0.1, 0.15) is 26.3 Å². The molecule has 1 aliphatic heterocycles. The molecular formula is C23H27F2N5O3. The molecule has 1 aromatic heterocycles. The standard InChI is InChI=1S/C23H27F2N5O3/c1-12(2)18(28-21(31)13(3)26-4)23(33)30-17(11-14-7-6-10-27-20(14)30)22(32)29-19-15(24)8-5-9-16(19)25/h5-10,12-13,17-18,26H,11H2,1-4H3,(H,28,31)(H,29,32)/t13-,17+,18-/m0/s1. The number of fused-ring (bicyclic) bond motifs is 1. The molecule has 0 bridgehead atoms. The van der Waals surface area contributed by atoms with E-state index >= 15 is 0 Å². The topological polar surface area (TPSA) is 103 Å². The van der Waals surface area contributed by atoms with Crippen LogP contribution in [0.4, 0.5) is 20.3 Å². The average molecular weight is 459 g/mol. The van der Waals surface area contributed by atoms with Crippen LogP contribution in [0.3, 0.4) is 0 Å². The van der Waals surface area contributed by atoms with Gasteiger partial charge in [-0.3, -0.25) is 19.3 Å². The molecule has 0 saturated heterocycles. The lowest BCUT2D eigenvalue weighted by molar-refractivity contribution is -0.130. The molecule has 10 heteroatoms. The number of amides is 3. The van der Waals surface area contributed by atoms with Crippen molar-refractivity contribution in [2.45, 2.75) is 45.3 Å². The van der Waals surface area contributed by atoms with Crippen LogP contribution in [0, 0.1) is 17.6 Å². The van der Waals surface area contributed by atoms with Crippen LogP contribution in [0.15, 0.2) is 36.5 Å². The Morgan fingerprint density at radius 3 is 2.36 bits per heavy atom. The fraction of sp³-hybridized carbons (Fsp3) is 0.391. The number of carbonyl (C=O) groups excluding carboxylic acids is 3. The van der Waals surface area contributed by atoms with Gasteiger partial charge in [0, 0.05) is 12.6 Å². The predicted molar refractivity (Wildman–Crippen MR) is 119 cm³/mol. The van der Waals surface area contributed by atoms with Crippen molar-refractivity contribution in [1.82, 2.24) is 15.6 Å². The van der Waals surface area contributed by atoms with Crippen LogP contribution in [-0.2, 0) is 20.8 Å². The third-order valence-corrected chi connectivity index (χ3v) is 5.63. The molecule has 0 fully saturated rings. The van der Waals surface area contributed by atoms with E-state index in [4.69, 9.17) is 0 Å². The summed E-state index contributed by atoms with van der Waals surface area (Å²) in [5.41, 5.74) is 0.0489. The van der Waals surface area contributed by atoms with Gasteiger partial charge in [-0.25, -0.2) is 13.8 Å². The van der Waals surface area contributed by atoms with E-state index < -0.39 is 47.3 Å². The van der Waals surface area contributed by atoms with Gasteiger partial charge in [0.05, 0.1) is 6.04 Å². The highest BCUT2D eigenvalue weighted by molar-refractivity contribution is 6.09. The van der Waals surface area contributed by atoms with E-state index in [-0.39, 0.29) is 24.1 Å². The molecule has 0 spiro atoms. The third-order valence-electron chi connectivity index (χ3n) is 5.63. The number of hydrogen-bond acceptors (Lipinski definition) is 5. The van der Waals surface area contributed by atoms with E-state index in [0.717, 1.165) is 12.1 Å². The van der Waals surface area contributed by atoms with Crippen molar-refractivity contribution in [3.63, 3.8) is 0 Å². The van der Waals surface area contributed by atoms with Crippen LogP contribution in [0.2, 0.25) is 0 Å². The fourth-order valence-electron chi connectivity index (χ4n) is 3.62. The monoisotopic (exact) mass is 459 g/mol. The van der Waals surface area contributed by atoms with Crippen LogP contribution >= 0.6 is 0 Å². The van der Waals surface area contributed by atoms with Gasteiger partial charge in [0.25, 0.3) is 5.91 Å². The third kappa shape index (κ3) is 5.00. The molecular weight excluding hydrogens is 432 g/mol. The number of benzene rings is 1. The maximum atomic E-state index is 14.1. The van der Waals surface area contributed by atoms with E-state index in [0.29, 0.717) is 5.56 Å². The smallest absolute Gasteiger partial charge is 0.251 e.